The van der Waals surface area contributed by atoms with Gasteiger partial charge < -0.3 is 9.72 Å². The molecule has 1 amide bonds. The van der Waals surface area contributed by atoms with Crippen molar-refractivity contribution >= 4 is 17.4 Å². The molecule has 2 aromatic heterocycles. The summed E-state index contributed by atoms with van der Waals surface area (Å²) in [6, 6.07) is 4.74. The van der Waals surface area contributed by atoms with Crippen molar-refractivity contribution in [3.63, 3.8) is 0 Å². The Morgan fingerprint density at radius 3 is 2.57 bits per heavy atom. The summed E-state index contributed by atoms with van der Waals surface area (Å²) < 4.78 is 68.3. The summed E-state index contributed by atoms with van der Waals surface area (Å²) in [5.41, 5.74) is -0.253. The molecule has 3 aromatic rings. The highest BCUT2D eigenvalue weighted by molar-refractivity contribution is 5.94. The SMILES string of the molecule is Cc1cc(F)ccc1-c1cc(C(F)(F)F)c2nc(NC(=O)C3CC3F)cn2c1. The number of aromatic nitrogens is 2. The number of benzene rings is 1. The number of halogens is 5. The Balaban J connectivity index is 1.81. The number of amides is 1. The fourth-order valence-corrected chi connectivity index (χ4v) is 3.12. The number of imidazole rings is 1. The van der Waals surface area contributed by atoms with Crippen LogP contribution in [0.3, 0.4) is 0 Å². The molecule has 0 aliphatic heterocycles. The molecule has 28 heavy (non-hydrogen) atoms. The highest BCUT2D eigenvalue weighted by atomic mass is 19.4. The van der Waals surface area contributed by atoms with Crippen LogP contribution in [-0.2, 0) is 11.0 Å². The van der Waals surface area contributed by atoms with Crippen molar-refractivity contribution in [2.75, 3.05) is 5.32 Å². The molecule has 0 spiro atoms. The van der Waals surface area contributed by atoms with Gasteiger partial charge in [0, 0.05) is 6.20 Å². The van der Waals surface area contributed by atoms with Gasteiger partial charge in [-0.2, -0.15) is 13.2 Å². The van der Waals surface area contributed by atoms with Gasteiger partial charge >= 0.3 is 6.18 Å². The zero-order valence-corrected chi connectivity index (χ0v) is 14.5. The van der Waals surface area contributed by atoms with Gasteiger partial charge in [-0.25, -0.2) is 13.8 Å². The number of hydrogen-bond donors (Lipinski definition) is 1. The van der Waals surface area contributed by atoms with Crippen molar-refractivity contribution in [1.29, 1.82) is 0 Å². The maximum Gasteiger partial charge on any atom is 0.420 e. The molecule has 9 heteroatoms. The number of pyridine rings is 1. The predicted molar refractivity (Wildman–Crippen MR) is 92.0 cm³/mol. The monoisotopic (exact) mass is 395 g/mol. The first kappa shape index (κ1) is 18.4. The lowest BCUT2D eigenvalue weighted by Crippen LogP contribution is -2.15. The summed E-state index contributed by atoms with van der Waals surface area (Å²) in [6.07, 6.45) is -3.17. The van der Waals surface area contributed by atoms with Gasteiger partial charge in [-0.15, -0.1) is 0 Å². The molecule has 2 atom stereocenters. The zero-order valence-electron chi connectivity index (χ0n) is 14.5. The molecule has 2 unspecified atom stereocenters. The number of fused-ring (bicyclic) bond motifs is 1. The Morgan fingerprint density at radius 2 is 1.96 bits per heavy atom. The van der Waals surface area contributed by atoms with Gasteiger partial charge in [-0.05, 0) is 48.2 Å². The second-order valence-corrected chi connectivity index (χ2v) is 6.80. The van der Waals surface area contributed by atoms with Crippen molar-refractivity contribution in [1.82, 2.24) is 9.38 Å². The summed E-state index contributed by atoms with van der Waals surface area (Å²) >= 11 is 0. The predicted octanol–water partition coefficient (Wildman–Crippen LogP) is 4.76. The van der Waals surface area contributed by atoms with Crippen LogP contribution in [-0.4, -0.2) is 21.5 Å². The first-order chi connectivity index (χ1) is 13.1. The lowest BCUT2D eigenvalue weighted by molar-refractivity contribution is -0.136. The molecule has 0 radical (unpaired) electrons. The maximum atomic E-state index is 13.6. The Hall–Kier alpha value is -2.97. The van der Waals surface area contributed by atoms with Crippen molar-refractivity contribution in [2.45, 2.75) is 25.7 Å². The molecule has 0 saturated heterocycles. The Kier molecular flexibility index (Phi) is 4.13. The maximum absolute atomic E-state index is 13.6. The number of alkyl halides is 4. The minimum absolute atomic E-state index is 0.0948. The molecule has 146 valence electrons. The third-order valence-electron chi connectivity index (χ3n) is 4.66. The van der Waals surface area contributed by atoms with Gasteiger partial charge in [0.05, 0.1) is 17.7 Å². The molecule has 0 bridgehead atoms. The molecule has 1 N–H and O–H groups in total. The number of rotatable bonds is 3. The van der Waals surface area contributed by atoms with Crippen LogP contribution in [0.1, 0.15) is 17.5 Å². The summed E-state index contributed by atoms with van der Waals surface area (Å²) in [5.74, 6) is -1.98. The lowest BCUT2D eigenvalue weighted by Gasteiger charge is -2.12. The van der Waals surface area contributed by atoms with Crippen LogP contribution in [0.4, 0.5) is 27.8 Å². The van der Waals surface area contributed by atoms with Gasteiger partial charge in [0.2, 0.25) is 5.91 Å². The molecular formula is C19H14F5N3O. The average molecular weight is 395 g/mol. The average Bonchev–Trinajstić information content (AvgIpc) is 3.19. The highest BCUT2D eigenvalue weighted by Gasteiger charge is 2.44. The molecule has 4 rings (SSSR count). The van der Waals surface area contributed by atoms with Gasteiger partial charge in [-0.1, -0.05) is 6.07 Å². The van der Waals surface area contributed by atoms with Crippen LogP contribution in [0.5, 0.6) is 0 Å². The minimum Gasteiger partial charge on any atom is -0.309 e. The topological polar surface area (TPSA) is 46.4 Å². The van der Waals surface area contributed by atoms with Crippen molar-refractivity contribution in [2.24, 2.45) is 5.92 Å². The third-order valence-corrected chi connectivity index (χ3v) is 4.66. The number of aryl methyl sites for hydroxylation is 1. The third kappa shape index (κ3) is 3.32. The van der Waals surface area contributed by atoms with E-state index >= 15 is 0 Å². The molecule has 1 saturated carbocycles. The second-order valence-electron chi connectivity index (χ2n) is 6.80. The van der Waals surface area contributed by atoms with Gasteiger partial charge in [-0.3, -0.25) is 4.79 Å². The summed E-state index contributed by atoms with van der Waals surface area (Å²) in [6.45, 7) is 1.60. The summed E-state index contributed by atoms with van der Waals surface area (Å²) in [7, 11) is 0. The van der Waals surface area contributed by atoms with Gasteiger partial charge in [0.15, 0.2) is 11.5 Å². The number of nitrogens with zero attached hydrogens (tertiary/aromatic N) is 2. The fourth-order valence-electron chi connectivity index (χ4n) is 3.12. The quantitative estimate of drug-likeness (QED) is 0.650. The number of hydrogen-bond acceptors (Lipinski definition) is 2. The molecule has 1 aliphatic carbocycles. The number of carbonyl (C=O) groups is 1. The van der Waals surface area contributed by atoms with Gasteiger partial charge in [0.25, 0.3) is 0 Å². The van der Waals surface area contributed by atoms with Crippen LogP contribution < -0.4 is 5.32 Å². The molecule has 1 fully saturated rings. The van der Waals surface area contributed by atoms with Crippen molar-refractivity contribution in [3.05, 3.63) is 53.6 Å². The molecule has 1 aromatic carbocycles. The number of carbonyl (C=O) groups excluding carboxylic acids is 1. The van der Waals surface area contributed by atoms with E-state index in [1.165, 1.54) is 30.6 Å². The standard InChI is InChI=1S/C19H14F5N3O/c1-9-4-11(20)2-3-12(9)10-5-14(19(22,23)24)17-25-16(8-27(17)7-10)26-18(28)13-6-15(13)21/h2-5,7-8,13,15H,6H2,1H3,(H,26,28). The van der Waals surface area contributed by atoms with E-state index in [1.54, 1.807) is 6.92 Å². The van der Waals surface area contributed by atoms with Crippen LogP contribution in [0.2, 0.25) is 0 Å². The summed E-state index contributed by atoms with van der Waals surface area (Å²) in [5, 5.41) is 2.35. The molecule has 2 heterocycles. The number of nitrogens with one attached hydrogen (secondary N) is 1. The van der Waals surface area contributed by atoms with E-state index < -0.39 is 35.6 Å². The lowest BCUT2D eigenvalue weighted by atomic mass is 10.0. The van der Waals surface area contributed by atoms with Crippen LogP contribution in [0.15, 0.2) is 36.7 Å². The molecular weight excluding hydrogens is 381 g/mol. The summed E-state index contributed by atoms with van der Waals surface area (Å²) in [4.78, 5) is 15.7. The van der Waals surface area contributed by atoms with Crippen molar-refractivity contribution in [3.8, 4) is 11.1 Å². The van der Waals surface area contributed by atoms with E-state index in [0.29, 0.717) is 11.1 Å². The van der Waals surface area contributed by atoms with E-state index in [-0.39, 0.29) is 23.4 Å². The van der Waals surface area contributed by atoms with E-state index in [0.717, 1.165) is 10.5 Å². The van der Waals surface area contributed by atoms with Crippen LogP contribution >= 0.6 is 0 Å². The van der Waals surface area contributed by atoms with E-state index in [1.807, 2.05) is 0 Å². The van der Waals surface area contributed by atoms with Crippen molar-refractivity contribution < 1.29 is 26.7 Å². The fraction of sp³-hybridized carbons (Fsp3) is 0.263. The first-order valence-electron chi connectivity index (χ1n) is 8.45. The Morgan fingerprint density at radius 1 is 1.25 bits per heavy atom. The minimum atomic E-state index is -4.70. The van der Waals surface area contributed by atoms with E-state index in [4.69, 9.17) is 0 Å². The van der Waals surface area contributed by atoms with E-state index in [2.05, 4.69) is 10.3 Å². The molecule has 4 nitrogen and oxygen atoms in total. The van der Waals surface area contributed by atoms with Crippen LogP contribution in [0, 0.1) is 18.7 Å². The smallest absolute Gasteiger partial charge is 0.309 e. The first-order valence-corrected chi connectivity index (χ1v) is 8.45. The zero-order chi connectivity index (χ0) is 20.2. The largest absolute Gasteiger partial charge is 0.420 e. The van der Waals surface area contributed by atoms with Gasteiger partial charge in [0.1, 0.15) is 12.0 Å². The Bertz CT molecular complexity index is 1090. The normalized spacial score (nSPS) is 19.1. The van der Waals surface area contributed by atoms with Crippen LogP contribution in [0.25, 0.3) is 16.8 Å². The number of anilines is 1. The van der Waals surface area contributed by atoms with E-state index in [9.17, 15) is 26.7 Å². The highest BCUT2D eigenvalue weighted by Crippen LogP contribution is 2.37. The Labute approximate surface area is 156 Å². The molecule has 1 aliphatic rings. The second kappa shape index (κ2) is 6.29.